The molecule has 4 heterocycles. The van der Waals surface area contributed by atoms with Crippen LogP contribution in [-0.2, 0) is 0 Å². The minimum atomic E-state index is 0.620. The van der Waals surface area contributed by atoms with Crippen LogP contribution in [0.25, 0.3) is 131 Å². The summed E-state index contributed by atoms with van der Waals surface area (Å²) < 4.78 is 7.16. The van der Waals surface area contributed by atoms with Gasteiger partial charge in [-0.25, -0.2) is 15.0 Å². The van der Waals surface area contributed by atoms with Gasteiger partial charge in [0.2, 0.25) is 0 Å². The highest BCUT2D eigenvalue weighted by Gasteiger charge is 2.23. The number of hydrogen-bond donors (Lipinski definition) is 0. The number of hydrogen-bond acceptors (Lipinski definition) is 4. The normalized spacial score (nSPS) is 12.0. The summed E-state index contributed by atoms with van der Waals surface area (Å²) in [6, 6.07) is 76.1. The third-order valence-corrected chi connectivity index (χ3v) is 14.3. The molecule has 0 bridgehead atoms. The summed E-state index contributed by atoms with van der Waals surface area (Å²) in [7, 11) is 0. The van der Waals surface area contributed by atoms with Gasteiger partial charge in [-0.3, -0.25) is 0 Å². The van der Waals surface area contributed by atoms with Crippen LogP contribution in [0.4, 0.5) is 0 Å². The lowest BCUT2D eigenvalue weighted by atomic mass is 10.00. The molecule has 302 valence electrons. The SMILES string of the molecule is c1ccc(-c2nc(-c3ccc4c5ccccc5n(-c5ccccc5)c4c3)nc(-c3cc(-n4c5ccc6ccccc6c5c5c6ccccc6ccc54)cc4c3sc3ccccc34)n2)cc1. The molecule has 0 spiro atoms. The average molecular weight is 846 g/mol. The maximum atomic E-state index is 5.48. The molecule has 6 heteroatoms. The van der Waals surface area contributed by atoms with Gasteiger partial charge in [0.05, 0.1) is 22.1 Å². The number of benzene rings is 10. The van der Waals surface area contributed by atoms with E-state index in [1.165, 1.54) is 58.6 Å². The van der Waals surface area contributed by atoms with Crippen molar-refractivity contribution < 1.29 is 0 Å². The van der Waals surface area contributed by atoms with E-state index in [0.717, 1.165) is 54.8 Å². The van der Waals surface area contributed by atoms with E-state index < -0.39 is 0 Å². The molecule has 5 nitrogen and oxygen atoms in total. The van der Waals surface area contributed by atoms with Crippen molar-refractivity contribution in [2.75, 3.05) is 0 Å². The minimum Gasteiger partial charge on any atom is -0.309 e. The molecule has 0 aliphatic carbocycles. The summed E-state index contributed by atoms with van der Waals surface area (Å²) in [4.78, 5) is 16.1. The second-order valence-electron chi connectivity index (χ2n) is 16.8. The van der Waals surface area contributed by atoms with Gasteiger partial charge in [0, 0.05) is 69.8 Å². The Balaban J connectivity index is 1.07. The Morgan fingerprint density at radius 1 is 0.323 bits per heavy atom. The Bertz CT molecular complexity index is 4150. The Morgan fingerprint density at radius 2 is 0.877 bits per heavy atom. The number of fused-ring (bicyclic) bond motifs is 13. The highest BCUT2D eigenvalue weighted by Crippen LogP contribution is 2.45. The molecule has 0 unspecified atom stereocenters. The van der Waals surface area contributed by atoms with E-state index in [-0.39, 0.29) is 0 Å². The van der Waals surface area contributed by atoms with Crippen LogP contribution in [-0.4, -0.2) is 24.1 Å². The van der Waals surface area contributed by atoms with E-state index >= 15 is 0 Å². The monoisotopic (exact) mass is 845 g/mol. The van der Waals surface area contributed by atoms with Crippen molar-refractivity contribution in [1.29, 1.82) is 0 Å². The fraction of sp³-hybridized carbons (Fsp3) is 0. The fourth-order valence-corrected chi connectivity index (χ4v) is 11.4. The van der Waals surface area contributed by atoms with Gasteiger partial charge in [-0.1, -0.05) is 158 Å². The fourth-order valence-electron chi connectivity index (χ4n) is 10.2. The highest BCUT2D eigenvalue weighted by molar-refractivity contribution is 7.26. The average Bonchev–Trinajstić information content (AvgIpc) is 4.04. The van der Waals surface area contributed by atoms with Gasteiger partial charge in [-0.2, -0.15) is 0 Å². The predicted molar refractivity (Wildman–Crippen MR) is 273 cm³/mol. The number of aromatic nitrogens is 5. The molecule has 0 aliphatic heterocycles. The molecule has 0 aliphatic rings. The third-order valence-electron chi connectivity index (χ3n) is 13.1. The molecule has 14 rings (SSSR count). The number of para-hydroxylation sites is 2. The molecule has 0 amide bonds. The number of rotatable bonds is 5. The molecular weight excluding hydrogens is 811 g/mol. The summed E-state index contributed by atoms with van der Waals surface area (Å²) in [5.74, 6) is 1.88. The van der Waals surface area contributed by atoms with Crippen molar-refractivity contribution in [2.45, 2.75) is 0 Å². The Kier molecular flexibility index (Phi) is 7.79. The smallest absolute Gasteiger partial charge is 0.165 e. The zero-order valence-corrected chi connectivity index (χ0v) is 35.7. The van der Waals surface area contributed by atoms with Crippen molar-refractivity contribution >= 4 is 96.7 Å². The molecule has 65 heavy (non-hydrogen) atoms. The topological polar surface area (TPSA) is 48.5 Å². The molecular formula is C59H35N5S. The number of nitrogens with zero attached hydrogens (tertiary/aromatic N) is 5. The van der Waals surface area contributed by atoms with E-state index in [1.807, 2.05) is 18.2 Å². The lowest BCUT2D eigenvalue weighted by molar-refractivity contribution is 1.07. The van der Waals surface area contributed by atoms with Crippen molar-refractivity contribution in [2.24, 2.45) is 0 Å². The van der Waals surface area contributed by atoms with E-state index in [1.54, 1.807) is 11.3 Å². The summed E-state index contributed by atoms with van der Waals surface area (Å²) in [5, 5.41) is 12.2. The van der Waals surface area contributed by atoms with Crippen molar-refractivity contribution in [3.63, 3.8) is 0 Å². The van der Waals surface area contributed by atoms with Crippen LogP contribution < -0.4 is 0 Å². The Labute approximate surface area is 376 Å². The van der Waals surface area contributed by atoms with Gasteiger partial charge < -0.3 is 9.13 Å². The molecule has 10 aromatic carbocycles. The van der Waals surface area contributed by atoms with Crippen molar-refractivity contribution in [3.8, 4) is 45.5 Å². The summed E-state index contributed by atoms with van der Waals surface area (Å²) in [6.07, 6.45) is 0. The first kappa shape index (κ1) is 36.1. The van der Waals surface area contributed by atoms with Crippen LogP contribution in [0.3, 0.4) is 0 Å². The maximum absolute atomic E-state index is 5.48. The summed E-state index contributed by atoms with van der Waals surface area (Å²) in [5.41, 5.74) is 9.54. The van der Waals surface area contributed by atoms with Gasteiger partial charge in [-0.05, 0) is 76.1 Å². The summed E-state index contributed by atoms with van der Waals surface area (Å²) >= 11 is 1.79. The van der Waals surface area contributed by atoms with Crippen LogP contribution in [0.15, 0.2) is 212 Å². The van der Waals surface area contributed by atoms with Gasteiger partial charge >= 0.3 is 0 Å². The molecule has 0 saturated heterocycles. The molecule has 0 atom stereocenters. The van der Waals surface area contributed by atoms with Crippen molar-refractivity contribution in [1.82, 2.24) is 24.1 Å². The molecule has 14 aromatic rings. The zero-order chi connectivity index (χ0) is 42.6. The van der Waals surface area contributed by atoms with Crippen LogP contribution >= 0.6 is 11.3 Å². The molecule has 0 radical (unpaired) electrons. The molecule has 0 saturated carbocycles. The summed E-state index contributed by atoms with van der Waals surface area (Å²) in [6.45, 7) is 0. The third kappa shape index (κ3) is 5.48. The molecule has 4 aromatic heterocycles. The van der Waals surface area contributed by atoms with Crippen LogP contribution in [0.1, 0.15) is 0 Å². The highest BCUT2D eigenvalue weighted by atomic mass is 32.1. The maximum Gasteiger partial charge on any atom is 0.165 e. The second kappa shape index (κ2) is 14.0. The van der Waals surface area contributed by atoms with Gasteiger partial charge in [0.25, 0.3) is 0 Å². The van der Waals surface area contributed by atoms with Crippen molar-refractivity contribution in [3.05, 3.63) is 212 Å². The van der Waals surface area contributed by atoms with E-state index in [9.17, 15) is 0 Å². The van der Waals surface area contributed by atoms with Gasteiger partial charge in [0.15, 0.2) is 17.5 Å². The second-order valence-corrected chi connectivity index (χ2v) is 17.8. The van der Waals surface area contributed by atoms with Crippen LogP contribution in [0, 0.1) is 0 Å². The largest absolute Gasteiger partial charge is 0.309 e. The first-order valence-electron chi connectivity index (χ1n) is 21.9. The van der Waals surface area contributed by atoms with Gasteiger partial charge in [-0.15, -0.1) is 11.3 Å². The van der Waals surface area contributed by atoms with Crippen LogP contribution in [0.5, 0.6) is 0 Å². The number of thiophene rings is 1. The van der Waals surface area contributed by atoms with Gasteiger partial charge in [0.1, 0.15) is 0 Å². The standard InChI is InChI=1S/C59H35N5S/c1-3-17-38(18-4-1)57-60-58(39-27-30-45-44-23-11-13-25-49(44)63(52(45)33-39)40-19-5-2-6-20-40)62-59(61-57)48-35-41(34-47-46-24-12-14-26-53(46)65-56(47)48)64-50-31-28-36-15-7-9-21-42(36)54(50)55-43-22-10-8-16-37(43)29-32-51(55)64/h1-35H. The Morgan fingerprint density at radius 3 is 1.60 bits per heavy atom. The van der Waals surface area contributed by atoms with E-state index in [4.69, 9.17) is 15.0 Å². The first-order valence-corrected chi connectivity index (χ1v) is 22.8. The molecule has 0 N–H and O–H groups in total. The van der Waals surface area contributed by atoms with Crippen LogP contribution in [0.2, 0.25) is 0 Å². The minimum absolute atomic E-state index is 0.620. The lowest BCUT2D eigenvalue weighted by Gasteiger charge is -2.14. The lowest BCUT2D eigenvalue weighted by Crippen LogP contribution is -2.02. The van der Waals surface area contributed by atoms with E-state index in [0.29, 0.717) is 17.5 Å². The van der Waals surface area contributed by atoms with E-state index in [2.05, 4.69) is 203 Å². The molecule has 0 fully saturated rings. The quantitative estimate of drug-likeness (QED) is 0.173. The Hall–Kier alpha value is -8.45. The zero-order valence-electron chi connectivity index (χ0n) is 34.9. The predicted octanol–water partition coefficient (Wildman–Crippen LogP) is 15.7. The first-order chi connectivity index (χ1) is 32.2.